The maximum absolute atomic E-state index is 12.2. The topological polar surface area (TPSA) is 94.2 Å². The summed E-state index contributed by atoms with van der Waals surface area (Å²) in [5.41, 5.74) is -0.759. The number of carbonyl (C=O) groups is 1. The van der Waals surface area contributed by atoms with E-state index in [2.05, 4.69) is 4.98 Å². The lowest BCUT2D eigenvalue weighted by atomic mass is 10.2. The second-order valence-electron chi connectivity index (χ2n) is 3.97. The highest BCUT2D eigenvalue weighted by atomic mass is 16.4. The zero-order valence-electron chi connectivity index (χ0n) is 10.6. The lowest BCUT2D eigenvalue weighted by molar-refractivity contribution is 0.0690. The first-order valence-electron chi connectivity index (χ1n) is 5.87. The summed E-state index contributed by atoms with van der Waals surface area (Å²) in [5, 5.41) is 9.09. The van der Waals surface area contributed by atoms with Gasteiger partial charge in [-0.3, -0.25) is 13.9 Å². The summed E-state index contributed by atoms with van der Waals surface area (Å²) in [6, 6.07) is 1.21. The summed E-state index contributed by atoms with van der Waals surface area (Å²) >= 11 is 0. The fourth-order valence-electron chi connectivity index (χ4n) is 2.02. The molecule has 7 heteroatoms. The zero-order chi connectivity index (χ0) is 14.2. The van der Waals surface area contributed by atoms with Crippen molar-refractivity contribution in [2.75, 3.05) is 0 Å². The van der Waals surface area contributed by atoms with Gasteiger partial charge in [0.15, 0.2) is 0 Å². The largest absolute Gasteiger partial charge is 0.477 e. The van der Waals surface area contributed by atoms with E-state index in [1.54, 1.807) is 13.8 Å². The van der Waals surface area contributed by atoms with E-state index in [4.69, 9.17) is 5.11 Å². The Bertz CT molecular complexity index is 773. The smallest absolute Gasteiger partial charge is 0.354 e. The number of hydrogen-bond acceptors (Lipinski definition) is 4. The number of carboxylic acid groups (broad SMARTS) is 1. The van der Waals surface area contributed by atoms with Gasteiger partial charge in [0.05, 0.1) is 17.1 Å². The van der Waals surface area contributed by atoms with Crippen LogP contribution in [0.5, 0.6) is 0 Å². The minimum Gasteiger partial charge on any atom is -0.477 e. The predicted octanol–water partition coefficient (Wildman–Crippen LogP) is 0.296. The molecule has 0 saturated carbocycles. The summed E-state index contributed by atoms with van der Waals surface area (Å²) < 4.78 is 2.48. The van der Waals surface area contributed by atoms with Crippen molar-refractivity contribution in [2.24, 2.45) is 0 Å². The highest BCUT2D eigenvalue weighted by Gasteiger charge is 2.14. The average molecular weight is 263 g/mol. The van der Waals surface area contributed by atoms with Crippen molar-refractivity contribution < 1.29 is 9.90 Å². The molecule has 0 aliphatic carbocycles. The molecule has 2 rings (SSSR count). The summed E-state index contributed by atoms with van der Waals surface area (Å²) in [5.74, 6) is -1.21. The third-order valence-electron chi connectivity index (χ3n) is 2.96. The molecule has 19 heavy (non-hydrogen) atoms. The van der Waals surface area contributed by atoms with E-state index >= 15 is 0 Å². The Hall–Kier alpha value is -2.44. The zero-order valence-corrected chi connectivity index (χ0v) is 10.6. The molecule has 2 aromatic heterocycles. The van der Waals surface area contributed by atoms with Crippen LogP contribution < -0.4 is 11.2 Å². The third kappa shape index (κ3) is 1.92. The lowest BCUT2D eigenvalue weighted by Crippen LogP contribution is -2.39. The molecule has 0 saturated heterocycles. The van der Waals surface area contributed by atoms with Crippen LogP contribution in [0.1, 0.15) is 24.3 Å². The molecule has 0 unspecified atom stereocenters. The van der Waals surface area contributed by atoms with Gasteiger partial charge in [-0.05, 0) is 19.9 Å². The van der Waals surface area contributed by atoms with E-state index in [1.807, 2.05) is 0 Å². The number of aromatic nitrogens is 3. The van der Waals surface area contributed by atoms with Gasteiger partial charge in [0.2, 0.25) is 0 Å². The second-order valence-corrected chi connectivity index (χ2v) is 3.97. The van der Waals surface area contributed by atoms with Crippen molar-refractivity contribution >= 4 is 16.9 Å². The normalized spacial score (nSPS) is 10.8. The number of aryl methyl sites for hydroxylation is 1. The number of rotatable bonds is 3. The Morgan fingerprint density at radius 1 is 1.26 bits per heavy atom. The molecule has 0 aliphatic heterocycles. The van der Waals surface area contributed by atoms with Crippen LogP contribution >= 0.6 is 0 Å². The van der Waals surface area contributed by atoms with Gasteiger partial charge in [-0.1, -0.05) is 0 Å². The molecule has 2 aromatic rings. The SMILES string of the molecule is CCn1c(=O)c2cc(C(=O)O)ncc2n(CC)c1=O. The van der Waals surface area contributed by atoms with Gasteiger partial charge in [-0.25, -0.2) is 14.6 Å². The molecule has 0 radical (unpaired) electrons. The molecule has 0 aromatic carbocycles. The first kappa shape index (κ1) is 13.0. The van der Waals surface area contributed by atoms with Crippen LogP contribution in [0.4, 0.5) is 0 Å². The van der Waals surface area contributed by atoms with Gasteiger partial charge in [0.1, 0.15) is 5.69 Å². The summed E-state index contributed by atoms with van der Waals surface area (Å²) in [4.78, 5) is 38.9. The van der Waals surface area contributed by atoms with Gasteiger partial charge in [-0.2, -0.15) is 0 Å². The highest BCUT2D eigenvalue weighted by molar-refractivity contribution is 5.90. The monoisotopic (exact) mass is 263 g/mol. The molecule has 2 heterocycles. The van der Waals surface area contributed by atoms with Crippen molar-refractivity contribution in [3.8, 4) is 0 Å². The molecule has 7 nitrogen and oxygen atoms in total. The molecular weight excluding hydrogens is 250 g/mol. The van der Waals surface area contributed by atoms with Crippen molar-refractivity contribution in [1.82, 2.24) is 14.1 Å². The van der Waals surface area contributed by atoms with Crippen molar-refractivity contribution in [3.05, 3.63) is 38.8 Å². The molecule has 0 amide bonds. The second kappa shape index (κ2) is 4.68. The summed E-state index contributed by atoms with van der Waals surface area (Å²) in [6.07, 6.45) is 1.26. The van der Waals surface area contributed by atoms with Crippen LogP contribution in [-0.4, -0.2) is 25.2 Å². The fraction of sp³-hybridized carbons (Fsp3) is 0.333. The highest BCUT2D eigenvalue weighted by Crippen LogP contribution is 2.08. The van der Waals surface area contributed by atoms with E-state index in [0.717, 1.165) is 4.57 Å². The minimum absolute atomic E-state index is 0.190. The lowest BCUT2D eigenvalue weighted by Gasteiger charge is -2.11. The number of nitrogens with zero attached hydrogens (tertiary/aromatic N) is 3. The third-order valence-corrected chi connectivity index (χ3v) is 2.96. The van der Waals surface area contributed by atoms with Crippen molar-refractivity contribution in [3.63, 3.8) is 0 Å². The Kier molecular flexibility index (Phi) is 3.20. The molecular formula is C12H13N3O4. The number of fused-ring (bicyclic) bond motifs is 1. The molecule has 1 N–H and O–H groups in total. The van der Waals surface area contributed by atoms with Crippen LogP contribution in [0.3, 0.4) is 0 Å². The standard InChI is InChI=1S/C12H13N3O4/c1-3-14-9-6-13-8(11(17)18)5-7(9)10(16)15(4-2)12(14)19/h5-6H,3-4H2,1-2H3,(H,17,18). The Morgan fingerprint density at radius 3 is 2.42 bits per heavy atom. The molecule has 100 valence electrons. The average Bonchev–Trinajstić information content (AvgIpc) is 2.39. The van der Waals surface area contributed by atoms with Crippen LogP contribution in [0.2, 0.25) is 0 Å². The van der Waals surface area contributed by atoms with E-state index in [9.17, 15) is 14.4 Å². The van der Waals surface area contributed by atoms with Gasteiger partial charge < -0.3 is 5.11 Å². The number of carboxylic acids is 1. The van der Waals surface area contributed by atoms with Crippen molar-refractivity contribution in [1.29, 1.82) is 0 Å². The van der Waals surface area contributed by atoms with Gasteiger partial charge >= 0.3 is 11.7 Å². The first-order chi connectivity index (χ1) is 9.01. The molecule has 0 bridgehead atoms. The predicted molar refractivity (Wildman–Crippen MR) is 68.6 cm³/mol. The number of aromatic carboxylic acids is 1. The van der Waals surface area contributed by atoms with Crippen LogP contribution in [0.25, 0.3) is 10.9 Å². The molecule has 0 atom stereocenters. The van der Waals surface area contributed by atoms with Gasteiger partial charge in [-0.15, -0.1) is 0 Å². The van der Waals surface area contributed by atoms with E-state index in [1.165, 1.54) is 16.8 Å². The van der Waals surface area contributed by atoms with Crippen molar-refractivity contribution in [2.45, 2.75) is 26.9 Å². The first-order valence-corrected chi connectivity index (χ1v) is 5.87. The van der Waals surface area contributed by atoms with Gasteiger partial charge in [0.25, 0.3) is 5.56 Å². The summed E-state index contributed by atoms with van der Waals surface area (Å²) in [6.45, 7) is 4.08. The molecule has 0 fully saturated rings. The van der Waals surface area contributed by atoms with E-state index in [0.29, 0.717) is 12.1 Å². The quantitative estimate of drug-likeness (QED) is 0.859. The van der Waals surface area contributed by atoms with E-state index in [-0.39, 0.29) is 17.6 Å². The Morgan fingerprint density at radius 2 is 1.89 bits per heavy atom. The minimum atomic E-state index is -1.21. The number of pyridine rings is 1. The fourth-order valence-corrected chi connectivity index (χ4v) is 2.02. The van der Waals surface area contributed by atoms with Crippen LogP contribution in [0, 0.1) is 0 Å². The number of hydrogen-bond donors (Lipinski definition) is 1. The maximum atomic E-state index is 12.2. The summed E-state index contributed by atoms with van der Waals surface area (Å²) in [7, 11) is 0. The van der Waals surface area contributed by atoms with Gasteiger partial charge in [0, 0.05) is 13.1 Å². The van der Waals surface area contributed by atoms with Crippen LogP contribution in [0.15, 0.2) is 21.9 Å². The Labute approximate surface area is 107 Å². The van der Waals surface area contributed by atoms with E-state index < -0.39 is 17.2 Å². The molecule has 0 spiro atoms. The maximum Gasteiger partial charge on any atom is 0.354 e. The Balaban J connectivity index is 3.00. The molecule has 0 aliphatic rings. The van der Waals surface area contributed by atoms with Crippen LogP contribution in [-0.2, 0) is 13.1 Å².